The molecule has 7 nitrogen and oxygen atoms in total. The van der Waals surface area contributed by atoms with E-state index in [1.54, 1.807) is 6.08 Å². The van der Waals surface area contributed by atoms with Crippen LogP contribution in [0.4, 0.5) is 0 Å². The predicted octanol–water partition coefficient (Wildman–Crippen LogP) is 6.33. The third-order valence-electron chi connectivity index (χ3n) is 5.86. The maximum atomic E-state index is 13.3. The van der Waals surface area contributed by atoms with Crippen molar-refractivity contribution in [3.05, 3.63) is 57.7 Å². The van der Waals surface area contributed by atoms with E-state index < -0.39 is 17.3 Å². The second-order valence-electron chi connectivity index (χ2n) is 9.83. The van der Waals surface area contributed by atoms with Crippen LogP contribution < -0.4 is 14.2 Å². The minimum Gasteiger partial charge on any atom is -0.507 e. The highest BCUT2D eigenvalue weighted by atomic mass is 16.6. The van der Waals surface area contributed by atoms with E-state index in [-0.39, 0.29) is 52.9 Å². The molecule has 184 valence electrons. The molecule has 0 saturated heterocycles. The van der Waals surface area contributed by atoms with Gasteiger partial charge in [-0.25, -0.2) is 4.79 Å². The smallest absolute Gasteiger partial charge is 0.351 e. The average Bonchev–Trinajstić information content (AvgIpc) is 2.89. The summed E-state index contributed by atoms with van der Waals surface area (Å²) >= 11 is 0. The predicted molar refractivity (Wildman–Crippen MR) is 133 cm³/mol. The van der Waals surface area contributed by atoms with Gasteiger partial charge in [-0.15, -0.1) is 0 Å². The summed E-state index contributed by atoms with van der Waals surface area (Å²) in [7, 11) is 0. The van der Waals surface area contributed by atoms with Crippen LogP contribution in [-0.2, 0) is 12.8 Å². The second kappa shape index (κ2) is 8.73. The number of allylic oxidation sites excluding steroid dienone is 4. The van der Waals surface area contributed by atoms with Crippen LogP contribution in [0.1, 0.15) is 68.6 Å². The van der Waals surface area contributed by atoms with Crippen LogP contribution >= 0.6 is 0 Å². The highest BCUT2D eigenvalue weighted by Gasteiger charge is 2.37. The van der Waals surface area contributed by atoms with Gasteiger partial charge in [0.1, 0.15) is 22.7 Å². The normalized spacial score (nSPS) is 14.9. The number of aromatic hydroxyl groups is 3. The zero-order valence-electron chi connectivity index (χ0n) is 20.8. The Labute approximate surface area is 204 Å². The topological polar surface area (TPSA) is 105 Å². The van der Waals surface area contributed by atoms with Crippen molar-refractivity contribution in [1.82, 2.24) is 0 Å². The molecule has 0 saturated carbocycles. The van der Waals surface area contributed by atoms with Crippen LogP contribution in [-0.4, -0.2) is 26.9 Å². The fourth-order valence-electron chi connectivity index (χ4n) is 4.01. The lowest BCUT2D eigenvalue weighted by Gasteiger charge is -2.30. The maximum absolute atomic E-state index is 13.3. The van der Waals surface area contributed by atoms with Gasteiger partial charge in [0.05, 0.1) is 5.56 Å². The van der Waals surface area contributed by atoms with E-state index in [9.17, 15) is 20.1 Å². The fourth-order valence-corrected chi connectivity index (χ4v) is 4.01. The Morgan fingerprint density at radius 2 is 1.49 bits per heavy atom. The van der Waals surface area contributed by atoms with E-state index in [2.05, 4.69) is 0 Å². The summed E-state index contributed by atoms with van der Waals surface area (Å²) in [5.41, 5.74) is 2.18. The van der Waals surface area contributed by atoms with Crippen LogP contribution in [0.15, 0.2) is 35.4 Å². The highest BCUT2D eigenvalue weighted by molar-refractivity contribution is 6.00. The molecule has 7 heteroatoms. The van der Waals surface area contributed by atoms with Crippen molar-refractivity contribution < 1.29 is 34.3 Å². The lowest BCUT2D eigenvalue weighted by atomic mass is 9.96. The molecule has 2 aromatic rings. The molecule has 0 spiro atoms. The summed E-state index contributed by atoms with van der Waals surface area (Å²) in [5, 5.41) is 32.4. The molecular weight excluding hydrogens is 448 g/mol. The quantitative estimate of drug-likeness (QED) is 0.268. The third kappa shape index (κ3) is 4.46. The van der Waals surface area contributed by atoms with Gasteiger partial charge in [-0.1, -0.05) is 23.3 Å². The Bertz CT molecular complexity index is 1320. The van der Waals surface area contributed by atoms with Crippen LogP contribution in [0, 0.1) is 0 Å². The molecule has 35 heavy (non-hydrogen) atoms. The number of rotatable bonds is 4. The van der Waals surface area contributed by atoms with Gasteiger partial charge in [0, 0.05) is 17.2 Å². The Hall–Kier alpha value is -3.87. The van der Waals surface area contributed by atoms with Crippen molar-refractivity contribution >= 4 is 12.0 Å². The Morgan fingerprint density at radius 3 is 2.11 bits per heavy atom. The number of phenolic OH excluding ortho intramolecular Hbond substituents is 3. The van der Waals surface area contributed by atoms with Crippen molar-refractivity contribution in [1.29, 1.82) is 0 Å². The van der Waals surface area contributed by atoms with Crippen molar-refractivity contribution in [2.24, 2.45) is 0 Å². The molecule has 4 rings (SSSR count). The molecule has 0 aromatic heterocycles. The number of hydrogen-bond acceptors (Lipinski definition) is 7. The fraction of sp³-hybridized carbons (Fsp3) is 0.321. The van der Waals surface area contributed by atoms with Crippen LogP contribution in [0.25, 0.3) is 6.08 Å². The Balaban J connectivity index is 2.03. The molecule has 0 unspecified atom stereocenters. The van der Waals surface area contributed by atoms with Crippen molar-refractivity contribution in [3.63, 3.8) is 0 Å². The molecule has 2 heterocycles. The minimum absolute atomic E-state index is 0.00281. The van der Waals surface area contributed by atoms with Crippen LogP contribution in [0.5, 0.6) is 40.2 Å². The first-order valence-corrected chi connectivity index (χ1v) is 11.4. The van der Waals surface area contributed by atoms with Gasteiger partial charge in [0.25, 0.3) is 0 Å². The zero-order valence-corrected chi connectivity index (χ0v) is 20.8. The summed E-state index contributed by atoms with van der Waals surface area (Å²) in [6.45, 7) is 11.4. The van der Waals surface area contributed by atoms with Gasteiger partial charge in [-0.05, 0) is 66.5 Å². The molecule has 0 radical (unpaired) electrons. The van der Waals surface area contributed by atoms with Crippen molar-refractivity contribution in [2.45, 2.75) is 60.0 Å². The summed E-state index contributed by atoms with van der Waals surface area (Å²) in [6, 6.07) is 1.11. The third-order valence-corrected chi connectivity index (χ3v) is 5.86. The van der Waals surface area contributed by atoms with Crippen molar-refractivity contribution in [3.8, 4) is 40.2 Å². The molecule has 2 aliphatic rings. The second-order valence-corrected chi connectivity index (χ2v) is 9.83. The first-order chi connectivity index (χ1) is 16.4. The van der Waals surface area contributed by atoms with Gasteiger partial charge < -0.3 is 29.5 Å². The van der Waals surface area contributed by atoms with E-state index in [1.807, 2.05) is 59.8 Å². The number of esters is 1. The molecule has 0 atom stereocenters. The number of carbonyl (C=O) groups excluding carboxylic acids is 1. The average molecular weight is 479 g/mol. The molecule has 2 aliphatic heterocycles. The molecule has 0 aliphatic carbocycles. The number of benzene rings is 2. The first-order valence-electron chi connectivity index (χ1n) is 11.4. The molecule has 0 amide bonds. The number of fused-ring (bicyclic) bond motifs is 4. The van der Waals surface area contributed by atoms with E-state index in [0.717, 1.165) is 17.2 Å². The van der Waals surface area contributed by atoms with E-state index in [1.165, 1.54) is 0 Å². The number of phenols is 3. The summed E-state index contributed by atoms with van der Waals surface area (Å²) in [6.07, 6.45) is 7.85. The van der Waals surface area contributed by atoms with Gasteiger partial charge in [-0.2, -0.15) is 0 Å². The molecule has 3 N–H and O–H groups in total. The summed E-state index contributed by atoms with van der Waals surface area (Å²) in [5.74, 6) is -1.25. The van der Waals surface area contributed by atoms with Gasteiger partial charge in [0.2, 0.25) is 0 Å². The molecule has 0 bridgehead atoms. The SMILES string of the molecule is CC(C)=CCc1c(O)c2c(c3c1OC(=O)c1c(O)cc(O)c(CC=C(C)C)c1O3)C=CC(C)(C)O2. The van der Waals surface area contributed by atoms with Gasteiger partial charge in [-0.3, -0.25) is 0 Å². The first kappa shape index (κ1) is 24.3. The summed E-state index contributed by atoms with van der Waals surface area (Å²) < 4.78 is 18.1. The summed E-state index contributed by atoms with van der Waals surface area (Å²) in [4.78, 5) is 13.3. The van der Waals surface area contributed by atoms with E-state index in [4.69, 9.17) is 14.2 Å². The van der Waals surface area contributed by atoms with Gasteiger partial charge >= 0.3 is 5.97 Å². The zero-order chi connectivity index (χ0) is 25.7. The number of carbonyl (C=O) groups is 1. The Kier molecular flexibility index (Phi) is 6.05. The minimum atomic E-state index is -0.853. The van der Waals surface area contributed by atoms with Crippen LogP contribution in [0.3, 0.4) is 0 Å². The number of ether oxygens (including phenoxy) is 3. The molecule has 2 aromatic carbocycles. The Morgan fingerprint density at radius 1 is 0.857 bits per heavy atom. The monoisotopic (exact) mass is 478 g/mol. The van der Waals surface area contributed by atoms with E-state index in [0.29, 0.717) is 16.7 Å². The van der Waals surface area contributed by atoms with Crippen LogP contribution in [0.2, 0.25) is 0 Å². The standard InChI is InChI=1S/C28H30O7/c1-14(2)7-9-16-19(29)13-20(30)21-23(16)33-26-18-11-12-28(5,6)35-24(18)22(31)17(10-8-15(3)4)25(26)34-27(21)32/h7-8,11-13,29-31H,9-10H2,1-6H3. The maximum Gasteiger partial charge on any atom is 0.351 e. The largest absolute Gasteiger partial charge is 0.507 e. The lowest BCUT2D eigenvalue weighted by molar-refractivity contribution is 0.0732. The van der Waals surface area contributed by atoms with Crippen molar-refractivity contribution in [2.75, 3.05) is 0 Å². The van der Waals surface area contributed by atoms with E-state index >= 15 is 0 Å². The molecular formula is C28H30O7. The van der Waals surface area contributed by atoms with Gasteiger partial charge in [0.15, 0.2) is 28.7 Å². The number of hydrogen-bond donors (Lipinski definition) is 3. The highest BCUT2D eigenvalue weighted by Crippen LogP contribution is 2.56. The lowest BCUT2D eigenvalue weighted by Crippen LogP contribution is -2.28. The molecule has 0 fully saturated rings.